The van der Waals surface area contributed by atoms with Gasteiger partial charge in [0.15, 0.2) is 0 Å². The Labute approximate surface area is 180 Å². The third-order valence-corrected chi connectivity index (χ3v) is 4.60. The SMILES string of the molecule is CC#Cc1ccc(Cc2c(F)cc(C(N)=O)c3[nH]c(C)c(C)c23)cn1.O=C(O)C(F)(F)F. The van der Waals surface area contributed by atoms with Gasteiger partial charge in [0.2, 0.25) is 0 Å². The predicted molar refractivity (Wildman–Crippen MR) is 110 cm³/mol. The second-order valence-corrected chi connectivity index (χ2v) is 6.78. The minimum absolute atomic E-state index is 0.166. The van der Waals surface area contributed by atoms with Crippen molar-refractivity contribution in [1.29, 1.82) is 0 Å². The van der Waals surface area contributed by atoms with E-state index in [-0.39, 0.29) is 5.56 Å². The van der Waals surface area contributed by atoms with Gasteiger partial charge in [-0.2, -0.15) is 13.2 Å². The molecule has 3 aromatic rings. The van der Waals surface area contributed by atoms with Crippen molar-refractivity contribution in [2.45, 2.75) is 33.4 Å². The number of aliphatic carboxylic acids is 1. The lowest BCUT2D eigenvalue weighted by molar-refractivity contribution is -0.192. The number of carboxylic acid groups (broad SMARTS) is 1. The minimum Gasteiger partial charge on any atom is -0.475 e. The van der Waals surface area contributed by atoms with E-state index in [2.05, 4.69) is 21.8 Å². The summed E-state index contributed by atoms with van der Waals surface area (Å²) in [7, 11) is 0. The van der Waals surface area contributed by atoms with E-state index < -0.39 is 23.9 Å². The van der Waals surface area contributed by atoms with Crippen molar-refractivity contribution in [3.8, 4) is 11.8 Å². The number of hydrogen-bond acceptors (Lipinski definition) is 3. The van der Waals surface area contributed by atoms with Crippen LogP contribution in [0.5, 0.6) is 0 Å². The molecule has 1 aromatic carbocycles. The maximum absolute atomic E-state index is 14.8. The molecule has 1 amide bonds. The summed E-state index contributed by atoms with van der Waals surface area (Å²) in [6, 6.07) is 4.91. The topological polar surface area (TPSA) is 109 Å². The molecule has 0 aliphatic carbocycles. The third-order valence-electron chi connectivity index (χ3n) is 4.60. The first kappa shape index (κ1) is 24.4. The fourth-order valence-corrected chi connectivity index (χ4v) is 3.01. The molecule has 4 N–H and O–H groups in total. The summed E-state index contributed by atoms with van der Waals surface area (Å²) in [5.74, 6) is 1.82. The number of hydrogen-bond donors (Lipinski definition) is 3. The molecule has 6 nitrogen and oxygen atoms in total. The van der Waals surface area contributed by atoms with Gasteiger partial charge in [-0.25, -0.2) is 14.2 Å². The zero-order valence-electron chi connectivity index (χ0n) is 17.3. The molecule has 3 rings (SSSR count). The molecule has 0 radical (unpaired) electrons. The average molecular weight is 449 g/mol. The van der Waals surface area contributed by atoms with Crippen LogP contribution < -0.4 is 5.73 Å². The highest BCUT2D eigenvalue weighted by atomic mass is 19.4. The number of alkyl halides is 3. The Balaban J connectivity index is 0.000000451. The number of aromatic nitrogens is 2. The van der Waals surface area contributed by atoms with E-state index in [4.69, 9.17) is 15.6 Å². The number of pyridine rings is 1. The van der Waals surface area contributed by atoms with Gasteiger partial charge >= 0.3 is 12.1 Å². The van der Waals surface area contributed by atoms with Crippen molar-refractivity contribution in [2.24, 2.45) is 5.73 Å². The van der Waals surface area contributed by atoms with Gasteiger partial charge in [-0.3, -0.25) is 4.79 Å². The highest BCUT2D eigenvalue weighted by Crippen LogP contribution is 2.31. The molecule has 0 unspecified atom stereocenters. The number of amides is 1. The van der Waals surface area contributed by atoms with E-state index in [0.717, 1.165) is 16.8 Å². The number of nitrogens with one attached hydrogen (secondary N) is 1. The summed E-state index contributed by atoms with van der Waals surface area (Å²) in [5, 5.41) is 7.84. The second-order valence-electron chi connectivity index (χ2n) is 6.78. The molecule has 0 atom stereocenters. The fourth-order valence-electron chi connectivity index (χ4n) is 3.01. The van der Waals surface area contributed by atoms with Crippen LogP contribution in [0.1, 0.15) is 45.4 Å². The fraction of sp³-hybridized carbons (Fsp3) is 0.227. The lowest BCUT2D eigenvalue weighted by Gasteiger charge is -2.09. The standard InChI is InChI=1S/C20H18FN3O.C2HF3O2/c1-4-5-14-7-6-13(10-23-14)8-15-17(21)9-16(20(22)25)19-18(15)11(2)12(3)24-19;3-2(4,5)1(6)7/h6-7,9-10,24H,8H2,1-3H3,(H2,22,25);(H,6,7). The Hall–Kier alpha value is -3.87. The van der Waals surface area contributed by atoms with E-state index in [0.29, 0.717) is 28.6 Å². The largest absolute Gasteiger partial charge is 0.490 e. The van der Waals surface area contributed by atoms with Crippen LogP contribution in [0, 0.1) is 31.5 Å². The third kappa shape index (κ3) is 5.43. The lowest BCUT2D eigenvalue weighted by Crippen LogP contribution is -2.21. The molecule has 0 aliphatic heterocycles. The van der Waals surface area contributed by atoms with Crippen LogP contribution in [0.15, 0.2) is 24.4 Å². The number of halogens is 4. The van der Waals surface area contributed by atoms with E-state index >= 15 is 0 Å². The summed E-state index contributed by atoms with van der Waals surface area (Å²) in [6.07, 6.45) is -3.02. The van der Waals surface area contributed by atoms with Gasteiger partial charge in [0.25, 0.3) is 5.91 Å². The second kappa shape index (κ2) is 9.51. The maximum Gasteiger partial charge on any atom is 0.490 e. The first-order valence-electron chi connectivity index (χ1n) is 9.14. The number of nitrogens with two attached hydrogens (primary N) is 1. The molecule has 0 spiro atoms. The smallest absolute Gasteiger partial charge is 0.475 e. The molecular weight excluding hydrogens is 430 g/mol. The van der Waals surface area contributed by atoms with Crippen LogP contribution in [0.3, 0.4) is 0 Å². The van der Waals surface area contributed by atoms with Crippen molar-refractivity contribution in [3.05, 3.63) is 63.9 Å². The number of fused-ring (bicyclic) bond motifs is 1. The molecule has 2 aromatic heterocycles. The molecule has 0 fully saturated rings. The quantitative estimate of drug-likeness (QED) is 0.415. The first-order valence-corrected chi connectivity index (χ1v) is 9.14. The molecule has 32 heavy (non-hydrogen) atoms. The molecule has 0 saturated heterocycles. The molecule has 0 bridgehead atoms. The summed E-state index contributed by atoms with van der Waals surface area (Å²) < 4.78 is 46.5. The van der Waals surface area contributed by atoms with Crippen LogP contribution in [0.4, 0.5) is 17.6 Å². The highest BCUT2D eigenvalue weighted by Gasteiger charge is 2.38. The molecule has 10 heteroatoms. The molecule has 2 heterocycles. The highest BCUT2D eigenvalue weighted by molar-refractivity contribution is 6.07. The Kier molecular flexibility index (Phi) is 7.25. The number of H-pyrrole nitrogens is 1. The summed E-state index contributed by atoms with van der Waals surface area (Å²) >= 11 is 0. The van der Waals surface area contributed by atoms with E-state index in [1.165, 1.54) is 6.07 Å². The van der Waals surface area contributed by atoms with Gasteiger partial charge in [-0.1, -0.05) is 12.0 Å². The van der Waals surface area contributed by atoms with E-state index in [1.54, 1.807) is 13.1 Å². The number of carbonyl (C=O) groups is 2. The number of aromatic amines is 1. The normalized spacial score (nSPS) is 10.7. The number of benzene rings is 1. The maximum atomic E-state index is 14.8. The van der Waals surface area contributed by atoms with Crippen molar-refractivity contribution >= 4 is 22.8 Å². The Bertz CT molecular complexity index is 1230. The zero-order valence-corrected chi connectivity index (χ0v) is 17.3. The van der Waals surface area contributed by atoms with Gasteiger partial charge in [0.05, 0.1) is 11.1 Å². The van der Waals surface area contributed by atoms with Crippen molar-refractivity contribution < 1.29 is 32.3 Å². The number of carboxylic acids is 1. The van der Waals surface area contributed by atoms with Gasteiger partial charge in [-0.15, -0.1) is 0 Å². The number of rotatable bonds is 3. The van der Waals surface area contributed by atoms with Crippen molar-refractivity contribution in [3.63, 3.8) is 0 Å². The van der Waals surface area contributed by atoms with Crippen molar-refractivity contribution in [2.75, 3.05) is 0 Å². The van der Waals surface area contributed by atoms with Gasteiger partial charge in [0.1, 0.15) is 11.5 Å². The van der Waals surface area contributed by atoms with Crippen LogP contribution in [0.25, 0.3) is 10.9 Å². The number of carbonyl (C=O) groups excluding carboxylic acids is 1. The minimum atomic E-state index is -5.08. The number of nitrogens with zero attached hydrogens (tertiary/aromatic N) is 1. The first-order chi connectivity index (χ1) is 14.9. The molecule has 168 valence electrons. The summed E-state index contributed by atoms with van der Waals surface area (Å²) in [6.45, 7) is 5.54. The van der Waals surface area contributed by atoms with Crippen LogP contribution in [-0.2, 0) is 11.2 Å². The predicted octanol–water partition coefficient (Wildman–Crippen LogP) is 4.01. The Morgan fingerprint density at radius 1 is 1.25 bits per heavy atom. The summed E-state index contributed by atoms with van der Waals surface area (Å²) in [4.78, 5) is 28.0. The average Bonchev–Trinajstić information content (AvgIpc) is 2.99. The van der Waals surface area contributed by atoms with E-state index in [1.807, 2.05) is 26.0 Å². The van der Waals surface area contributed by atoms with Gasteiger partial charge in [0, 0.05) is 29.3 Å². The number of primary amides is 1. The van der Waals surface area contributed by atoms with Crippen LogP contribution >= 0.6 is 0 Å². The lowest BCUT2D eigenvalue weighted by atomic mass is 9.96. The van der Waals surface area contributed by atoms with Gasteiger partial charge < -0.3 is 15.8 Å². The Morgan fingerprint density at radius 3 is 2.34 bits per heavy atom. The monoisotopic (exact) mass is 449 g/mol. The molecule has 0 aliphatic rings. The van der Waals surface area contributed by atoms with Gasteiger partial charge in [-0.05, 0) is 50.0 Å². The molecular formula is C22H19F4N3O3. The number of aryl methyl sites for hydroxylation is 2. The Morgan fingerprint density at radius 2 is 1.88 bits per heavy atom. The molecule has 0 saturated carbocycles. The summed E-state index contributed by atoms with van der Waals surface area (Å²) in [5.41, 5.74) is 10.0. The van der Waals surface area contributed by atoms with Crippen LogP contribution in [-0.4, -0.2) is 33.1 Å². The van der Waals surface area contributed by atoms with E-state index in [9.17, 15) is 22.4 Å². The van der Waals surface area contributed by atoms with Crippen LogP contribution in [0.2, 0.25) is 0 Å². The van der Waals surface area contributed by atoms with Crippen molar-refractivity contribution in [1.82, 2.24) is 9.97 Å². The zero-order chi connectivity index (χ0) is 24.2.